The molecule has 1 saturated heterocycles. The number of carbonyl (C=O) groups excluding carboxylic acids is 1. The number of anilines is 1. The standard InChI is InChI=1S/C22H23N7O/c23-14-19-17-8-4-5-9-18(17)21-20(19)24-15-25-29(21)28-12-10-27(11-13-28)22(30)26-16-6-2-1-3-7-16/h1-3,6-7,15H,4-5,8-13H2,(H,26,30). The number of nitriles is 1. The first-order valence-corrected chi connectivity index (χ1v) is 10.4. The first-order valence-electron chi connectivity index (χ1n) is 10.4. The van der Waals surface area contributed by atoms with Crippen LogP contribution in [0.4, 0.5) is 10.5 Å². The van der Waals surface area contributed by atoms with Crippen molar-refractivity contribution in [2.45, 2.75) is 25.7 Å². The SMILES string of the molecule is N#Cc1c2ncnn(N3CCN(C(=O)Nc4ccccc4)CC3)c-2c2c1CCCC2. The van der Waals surface area contributed by atoms with Crippen molar-refractivity contribution in [1.82, 2.24) is 19.8 Å². The number of nitrogens with one attached hydrogen (secondary N) is 1. The molecule has 1 N–H and O–H groups in total. The van der Waals surface area contributed by atoms with Crippen molar-refractivity contribution < 1.29 is 4.79 Å². The first-order chi connectivity index (χ1) is 14.8. The second kappa shape index (κ2) is 7.67. The van der Waals surface area contributed by atoms with Gasteiger partial charge in [0.25, 0.3) is 0 Å². The number of fused-ring (bicyclic) bond motifs is 3. The van der Waals surface area contributed by atoms with Crippen LogP contribution in [0.5, 0.6) is 0 Å². The lowest BCUT2D eigenvalue weighted by Crippen LogP contribution is -2.54. The van der Waals surface area contributed by atoms with E-state index < -0.39 is 0 Å². The Kier molecular flexibility index (Phi) is 4.71. The lowest BCUT2D eigenvalue weighted by molar-refractivity contribution is 0.202. The maximum atomic E-state index is 12.6. The highest BCUT2D eigenvalue weighted by Gasteiger charge is 2.31. The lowest BCUT2D eigenvalue weighted by Gasteiger charge is -2.37. The molecule has 0 saturated carbocycles. The van der Waals surface area contributed by atoms with Crippen LogP contribution in [-0.2, 0) is 12.8 Å². The quantitative estimate of drug-likeness (QED) is 0.713. The molecule has 2 heterocycles. The van der Waals surface area contributed by atoms with Gasteiger partial charge in [-0.05, 0) is 48.9 Å². The minimum absolute atomic E-state index is 0.0869. The summed E-state index contributed by atoms with van der Waals surface area (Å²) in [5.74, 6) is 0. The maximum absolute atomic E-state index is 12.6. The molecule has 1 aromatic rings. The van der Waals surface area contributed by atoms with Crippen LogP contribution < -0.4 is 10.3 Å². The number of benzene rings is 1. The first kappa shape index (κ1) is 18.4. The highest BCUT2D eigenvalue weighted by atomic mass is 16.2. The summed E-state index contributed by atoms with van der Waals surface area (Å²) in [7, 11) is 0. The number of para-hydroxylation sites is 1. The number of piperazine rings is 1. The third-order valence-electron chi connectivity index (χ3n) is 6.01. The molecular formula is C22H23N7O. The average Bonchev–Trinajstić information content (AvgIpc) is 3.13. The predicted molar refractivity (Wildman–Crippen MR) is 113 cm³/mol. The molecule has 2 aliphatic heterocycles. The van der Waals surface area contributed by atoms with Crippen LogP contribution in [0.2, 0.25) is 0 Å². The van der Waals surface area contributed by atoms with E-state index in [4.69, 9.17) is 0 Å². The van der Waals surface area contributed by atoms with Gasteiger partial charge in [0.2, 0.25) is 0 Å². The van der Waals surface area contributed by atoms with Gasteiger partial charge in [-0.15, -0.1) is 5.10 Å². The molecule has 0 atom stereocenters. The van der Waals surface area contributed by atoms with E-state index in [0.717, 1.165) is 48.3 Å². The van der Waals surface area contributed by atoms with E-state index in [2.05, 4.69) is 26.5 Å². The molecule has 1 fully saturated rings. The molecule has 4 aliphatic rings. The van der Waals surface area contributed by atoms with Gasteiger partial charge in [0.05, 0.1) is 18.7 Å². The van der Waals surface area contributed by atoms with Gasteiger partial charge >= 0.3 is 6.03 Å². The van der Waals surface area contributed by atoms with E-state index in [1.807, 2.05) is 40.0 Å². The van der Waals surface area contributed by atoms with E-state index in [0.29, 0.717) is 31.7 Å². The fourth-order valence-corrected chi connectivity index (χ4v) is 4.53. The minimum atomic E-state index is -0.0869. The van der Waals surface area contributed by atoms with Crippen molar-refractivity contribution in [3.05, 3.63) is 53.3 Å². The van der Waals surface area contributed by atoms with Crippen molar-refractivity contribution in [2.24, 2.45) is 0 Å². The second-order valence-corrected chi connectivity index (χ2v) is 7.73. The minimum Gasteiger partial charge on any atom is -0.321 e. The predicted octanol–water partition coefficient (Wildman–Crippen LogP) is 2.62. The summed E-state index contributed by atoms with van der Waals surface area (Å²) < 4.78 is 0. The van der Waals surface area contributed by atoms with Gasteiger partial charge in [0.15, 0.2) is 0 Å². The van der Waals surface area contributed by atoms with Crippen LogP contribution in [0.3, 0.4) is 0 Å². The third kappa shape index (κ3) is 3.12. The highest BCUT2D eigenvalue weighted by molar-refractivity contribution is 5.89. The zero-order valence-electron chi connectivity index (χ0n) is 16.7. The van der Waals surface area contributed by atoms with Crippen molar-refractivity contribution in [2.75, 3.05) is 36.5 Å². The topological polar surface area (TPSA) is 90.1 Å². The summed E-state index contributed by atoms with van der Waals surface area (Å²) in [4.78, 5) is 20.8. The fraction of sp³-hybridized carbons (Fsp3) is 0.364. The Hall–Kier alpha value is -3.60. The molecule has 152 valence electrons. The molecule has 5 rings (SSSR count). The van der Waals surface area contributed by atoms with E-state index in [1.54, 1.807) is 0 Å². The van der Waals surface area contributed by atoms with Crippen LogP contribution in [0.15, 0.2) is 36.7 Å². The molecule has 1 aromatic carbocycles. The summed E-state index contributed by atoms with van der Waals surface area (Å²) in [6.07, 6.45) is 5.66. The average molecular weight is 401 g/mol. The van der Waals surface area contributed by atoms with Gasteiger partial charge in [-0.1, -0.05) is 18.2 Å². The van der Waals surface area contributed by atoms with E-state index in [1.165, 1.54) is 11.9 Å². The Bertz CT molecular complexity index is 1080. The third-order valence-corrected chi connectivity index (χ3v) is 6.01. The van der Waals surface area contributed by atoms with Gasteiger partial charge in [-0.2, -0.15) is 10.1 Å². The summed E-state index contributed by atoms with van der Waals surface area (Å²) in [5, 5.41) is 19.3. The molecular weight excluding hydrogens is 378 g/mol. The van der Waals surface area contributed by atoms with Crippen LogP contribution >= 0.6 is 0 Å². The summed E-state index contributed by atoms with van der Waals surface area (Å²) in [6.45, 7) is 2.54. The van der Waals surface area contributed by atoms with Crippen LogP contribution in [-0.4, -0.2) is 52.0 Å². The number of amides is 2. The van der Waals surface area contributed by atoms with Gasteiger partial charge < -0.3 is 10.2 Å². The van der Waals surface area contributed by atoms with Crippen LogP contribution in [0.1, 0.15) is 29.5 Å². The van der Waals surface area contributed by atoms with Gasteiger partial charge in [-0.3, -0.25) is 5.01 Å². The fourth-order valence-electron chi connectivity index (χ4n) is 4.53. The lowest BCUT2D eigenvalue weighted by atomic mass is 9.94. The molecule has 0 spiro atoms. The summed E-state index contributed by atoms with van der Waals surface area (Å²) >= 11 is 0. The molecule has 0 radical (unpaired) electrons. The highest BCUT2D eigenvalue weighted by Crippen LogP contribution is 2.38. The zero-order chi connectivity index (χ0) is 20.5. The summed E-state index contributed by atoms with van der Waals surface area (Å²) in [6, 6.07) is 11.8. The van der Waals surface area contributed by atoms with Gasteiger partial charge in [0, 0.05) is 18.8 Å². The van der Waals surface area contributed by atoms with Crippen LogP contribution in [0, 0.1) is 11.3 Å². The Morgan fingerprint density at radius 2 is 1.77 bits per heavy atom. The van der Waals surface area contributed by atoms with Crippen LogP contribution in [0.25, 0.3) is 11.4 Å². The van der Waals surface area contributed by atoms with Crippen molar-refractivity contribution in [1.29, 1.82) is 5.26 Å². The smallest absolute Gasteiger partial charge is 0.321 e. The largest absolute Gasteiger partial charge is 0.321 e. The van der Waals surface area contributed by atoms with Gasteiger partial charge in [0.1, 0.15) is 23.8 Å². The van der Waals surface area contributed by atoms with Gasteiger partial charge in [-0.25, -0.2) is 9.78 Å². The number of carbonyl (C=O) groups is 1. The Labute approximate surface area is 175 Å². The van der Waals surface area contributed by atoms with E-state index >= 15 is 0 Å². The zero-order valence-corrected chi connectivity index (χ0v) is 16.7. The molecule has 0 unspecified atom stereocenters. The van der Waals surface area contributed by atoms with Crippen molar-refractivity contribution in [3.63, 3.8) is 0 Å². The molecule has 0 bridgehead atoms. The molecule has 2 aliphatic carbocycles. The number of hydrogen-bond acceptors (Lipinski definition) is 5. The number of nitrogens with zero attached hydrogens (tertiary/aromatic N) is 6. The van der Waals surface area contributed by atoms with E-state index in [9.17, 15) is 10.1 Å². The Morgan fingerprint density at radius 1 is 1.03 bits per heavy atom. The van der Waals surface area contributed by atoms with Crippen molar-refractivity contribution >= 4 is 11.7 Å². The molecule has 8 nitrogen and oxygen atoms in total. The summed E-state index contributed by atoms with van der Waals surface area (Å²) in [5.41, 5.74) is 5.59. The number of aromatic nitrogens is 3. The number of hydrogen-bond donors (Lipinski definition) is 1. The normalized spacial score (nSPS) is 16.2. The second-order valence-electron chi connectivity index (χ2n) is 7.73. The number of rotatable bonds is 2. The molecule has 0 aromatic heterocycles. The molecule has 2 amide bonds. The monoisotopic (exact) mass is 401 g/mol. The van der Waals surface area contributed by atoms with E-state index in [-0.39, 0.29) is 6.03 Å². The molecule has 8 heteroatoms. The Balaban J connectivity index is 1.35. The maximum Gasteiger partial charge on any atom is 0.321 e. The number of urea groups is 1. The van der Waals surface area contributed by atoms with Crippen molar-refractivity contribution in [3.8, 4) is 17.5 Å². The molecule has 30 heavy (non-hydrogen) atoms. The Morgan fingerprint density at radius 3 is 2.50 bits per heavy atom.